The minimum absolute atomic E-state index is 0.0925. The van der Waals surface area contributed by atoms with E-state index in [4.69, 9.17) is 4.74 Å². The maximum absolute atomic E-state index is 12.6. The number of hydrogen-bond donors (Lipinski definition) is 2. The number of carbonyl (C=O) groups is 2. The third kappa shape index (κ3) is 4.57. The zero-order valence-electron chi connectivity index (χ0n) is 16.6. The number of carbonyl (C=O) groups excluding carboxylic acids is 2. The molecule has 0 radical (unpaired) electrons. The fourth-order valence-electron chi connectivity index (χ4n) is 3.27. The molecule has 2 heterocycles. The smallest absolute Gasteiger partial charge is 0.251 e. The van der Waals surface area contributed by atoms with Gasteiger partial charge in [-0.05, 0) is 48.0 Å². The van der Waals surface area contributed by atoms with Crippen molar-refractivity contribution < 1.29 is 14.3 Å². The van der Waals surface area contributed by atoms with E-state index in [2.05, 4.69) is 15.6 Å². The monoisotopic (exact) mass is 402 g/mol. The highest BCUT2D eigenvalue weighted by atomic mass is 16.5. The number of anilines is 2. The molecule has 7 nitrogen and oxygen atoms in total. The first kappa shape index (κ1) is 19.4. The number of likely N-dealkylation sites (N-methyl/N-ethyl adjacent to an activating group) is 1. The van der Waals surface area contributed by atoms with E-state index in [1.165, 1.54) is 0 Å². The predicted molar refractivity (Wildman–Crippen MR) is 115 cm³/mol. The molecule has 0 bridgehead atoms. The minimum Gasteiger partial charge on any atom is -0.487 e. The van der Waals surface area contributed by atoms with Gasteiger partial charge in [0.05, 0.1) is 23.6 Å². The van der Waals surface area contributed by atoms with Crippen LogP contribution >= 0.6 is 0 Å². The van der Waals surface area contributed by atoms with Gasteiger partial charge >= 0.3 is 0 Å². The molecule has 3 aromatic rings. The second-order valence-electron chi connectivity index (χ2n) is 7.08. The van der Waals surface area contributed by atoms with Gasteiger partial charge in [-0.2, -0.15) is 0 Å². The number of pyridine rings is 1. The molecule has 1 aliphatic heterocycles. The first-order valence-electron chi connectivity index (χ1n) is 9.63. The maximum atomic E-state index is 12.6. The van der Waals surface area contributed by atoms with Crippen molar-refractivity contribution in [3.63, 3.8) is 0 Å². The number of hydrogen-bond acceptors (Lipinski definition) is 5. The minimum atomic E-state index is -0.208. The van der Waals surface area contributed by atoms with Gasteiger partial charge in [0.15, 0.2) is 0 Å². The molecule has 2 amide bonds. The molecule has 1 aromatic heterocycles. The van der Waals surface area contributed by atoms with Gasteiger partial charge in [0, 0.05) is 25.4 Å². The van der Waals surface area contributed by atoms with Crippen LogP contribution in [0.5, 0.6) is 5.75 Å². The van der Waals surface area contributed by atoms with Crippen molar-refractivity contribution in [2.45, 2.75) is 13.2 Å². The Morgan fingerprint density at radius 2 is 2.07 bits per heavy atom. The molecule has 0 aliphatic carbocycles. The van der Waals surface area contributed by atoms with Crippen molar-refractivity contribution in [3.05, 3.63) is 83.7 Å². The van der Waals surface area contributed by atoms with Crippen LogP contribution in [0.15, 0.2) is 66.9 Å². The largest absolute Gasteiger partial charge is 0.487 e. The van der Waals surface area contributed by atoms with E-state index in [9.17, 15) is 9.59 Å². The SMILES string of the molecule is CN1CC(=O)Nc2cc(C(=O)NCc3cccc(OCc4ccccn4)c3)ccc21. The Balaban J connectivity index is 1.37. The summed E-state index contributed by atoms with van der Waals surface area (Å²) < 4.78 is 5.79. The van der Waals surface area contributed by atoms with E-state index in [1.54, 1.807) is 18.3 Å². The number of benzene rings is 2. The van der Waals surface area contributed by atoms with E-state index in [-0.39, 0.29) is 11.8 Å². The summed E-state index contributed by atoms with van der Waals surface area (Å²) in [5.41, 5.74) is 3.80. The third-order valence-electron chi connectivity index (χ3n) is 4.79. The van der Waals surface area contributed by atoms with Crippen LogP contribution < -0.4 is 20.3 Å². The summed E-state index contributed by atoms with van der Waals surface area (Å²) in [5, 5.41) is 5.72. The summed E-state index contributed by atoms with van der Waals surface area (Å²) in [6, 6.07) is 18.6. The van der Waals surface area contributed by atoms with Crippen molar-refractivity contribution in [3.8, 4) is 5.75 Å². The highest BCUT2D eigenvalue weighted by Crippen LogP contribution is 2.29. The van der Waals surface area contributed by atoms with Gasteiger partial charge in [0.1, 0.15) is 12.4 Å². The molecule has 4 rings (SSSR count). The lowest BCUT2D eigenvalue weighted by Gasteiger charge is -2.27. The standard InChI is InChI=1S/C23H22N4O3/c1-27-14-22(28)26-20-12-17(8-9-21(20)27)23(29)25-13-16-5-4-7-19(11-16)30-15-18-6-2-3-10-24-18/h2-12H,13-15H2,1H3,(H,25,29)(H,26,28). The topological polar surface area (TPSA) is 83.6 Å². The molecule has 7 heteroatoms. The van der Waals surface area contributed by atoms with Gasteiger partial charge in [-0.3, -0.25) is 14.6 Å². The summed E-state index contributed by atoms with van der Waals surface area (Å²) in [7, 11) is 1.85. The first-order chi connectivity index (χ1) is 14.6. The predicted octanol–water partition coefficient (Wildman–Crippen LogP) is 2.98. The fraction of sp³-hybridized carbons (Fsp3) is 0.174. The van der Waals surface area contributed by atoms with Crippen LogP contribution in [0.2, 0.25) is 0 Å². The molecule has 0 spiro atoms. The normalized spacial score (nSPS) is 12.7. The molecule has 0 fully saturated rings. The maximum Gasteiger partial charge on any atom is 0.251 e. The molecular weight excluding hydrogens is 380 g/mol. The molecular formula is C23H22N4O3. The Morgan fingerprint density at radius 1 is 1.17 bits per heavy atom. The van der Waals surface area contributed by atoms with Crippen LogP contribution in [0, 0.1) is 0 Å². The molecule has 2 N–H and O–H groups in total. The quantitative estimate of drug-likeness (QED) is 0.662. The summed E-state index contributed by atoms with van der Waals surface area (Å²) in [4.78, 5) is 30.4. The van der Waals surface area contributed by atoms with Crippen LogP contribution in [0.25, 0.3) is 0 Å². The molecule has 30 heavy (non-hydrogen) atoms. The average molecular weight is 402 g/mol. The van der Waals surface area contributed by atoms with Crippen LogP contribution in [0.1, 0.15) is 21.6 Å². The van der Waals surface area contributed by atoms with Crippen molar-refractivity contribution in [2.75, 3.05) is 23.8 Å². The Kier molecular flexibility index (Phi) is 5.61. The van der Waals surface area contributed by atoms with Gasteiger partial charge in [-0.1, -0.05) is 18.2 Å². The van der Waals surface area contributed by atoms with E-state index >= 15 is 0 Å². The van der Waals surface area contributed by atoms with Gasteiger partial charge < -0.3 is 20.3 Å². The van der Waals surface area contributed by atoms with E-state index in [0.29, 0.717) is 36.7 Å². The van der Waals surface area contributed by atoms with Crippen LogP contribution in [0.3, 0.4) is 0 Å². The number of amides is 2. The zero-order valence-corrected chi connectivity index (χ0v) is 16.6. The lowest BCUT2D eigenvalue weighted by Crippen LogP contribution is -2.35. The average Bonchev–Trinajstić information content (AvgIpc) is 2.76. The van der Waals surface area contributed by atoms with E-state index in [0.717, 1.165) is 16.9 Å². The third-order valence-corrected chi connectivity index (χ3v) is 4.79. The number of fused-ring (bicyclic) bond motifs is 1. The van der Waals surface area contributed by atoms with E-state index in [1.807, 2.05) is 60.5 Å². The Labute approximate surface area is 174 Å². The summed E-state index contributed by atoms with van der Waals surface area (Å²) in [6.07, 6.45) is 1.73. The number of rotatable bonds is 6. The number of nitrogens with one attached hydrogen (secondary N) is 2. The number of aromatic nitrogens is 1. The summed E-state index contributed by atoms with van der Waals surface area (Å²) >= 11 is 0. The second-order valence-corrected chi connectivity index (χ2v) is 7.08. The van der Waals surface area contributed by atoms with Crippen LogP contribution in [0.4, 0.5) is 11.4 Å². The molecule has 2 aromatic carbocycles. The molecule has 0 atom stereocenters. The number of ether oxygens (including phenoxy) is 1. The van der Waals surface area contributed by atoms with E-state index < -0.39 is 0 Å². The van der Waals surface area contributed by atoms with Crippen LogP contribution in [-0.2, 0) is 17.9 Å². The van der Waals surface area contributed by atoms with Gasteiger partial charge in [-0.25, -0.2) is 0 Å². The second kappa shape index (κ2) is 8.65. The molecule has 1 aliphatic rings. The number of nitrogens with zero attached hydrogens (tertiary/aromatic N) is 2. The summed E-state index contributed by atoms with van der Waals surface area (Å²) in [6.45, 7) is 1.05. The van der Waals surface area contributed by atoms with Gasteiger partial charge in [-0.15, -0.1) is 0 Å². The molecule has 0 unspecified atom stereocenters. The van der Waals surface area contributed by atoms with Crippen molar-refractivity contribution in [1.82, 2.24) is 10.3 Å². The molecule has 0 saturated carbocycles. The Bertz CT molecular complexity index is 1070. The van der Waals surface area contributed by atoms with Gasteiger partial charge in [0.25, 0.3) is 5.91 Å². The molecule has 0 saturated heterocycles. The van der Waals surface area contributed by atoms with Gasteiger partial charge in [0.2, 0.25) is 5.91 Å². The lowest BCUT2D eigenvalue weighted by molar-refractivity contribution is -0.115. The first-order valence-corrected chi connectivity index (χ1v) is 9.63. The highest BCUT2D eigenvalue weighted by molar-refractivity contribution is 6.03. The van der Waals surface area contributed by atoms with Crippen molar-refractivity contribution in [1.29, 1.82) is 0 Å². The summed E-state index contributed by atoms with van der Waals surface area (Å²) in [5.74, 6) is 0.414. The Hall–Kier alpha value is -3.87. The van der Waals surface area contributed by atoms with Crippen LogP contribution in [-0.4, -0.2) is 30.4 Å². The highest BCUT2D eigenvalue weighted by Gasteiger charge is 2.20. The molecule has 152 valence electrons. The zero-order chi connectivity index (χ0) is 20.9. The van der Waals surface area contributed by atoms with Crippen molar-refractivity contribution in [2.24, 2.45) is 0 Å². The Morgan fingerprint density at radius 3 is 2.90 bits per heavy atom. The fourth-order valence-corrected chi connectivity index (χ4v) is 3.27. The lowest BCUT2D eigenvalue weighted by atomic mass is 10.1. The van der Waals surface area contributed by atoms with Crippen molar-refractivity contribution >= 4 is 23.2 Å².